The molecule has 1 atom stereocenters. The number of ether oxygens (including phenoxy) is 2. The summed E-state index contributed by atoms with van der Waals surface area (Å²) in [4.78, 5) is 4.32. The second-order valence-electron chi connectivity index (χ2n) is 6.57. The molecule has 28 heavy (non-hydrogen) atoms. The van der Waals surface area contributed by atoms with Crippen LogP contribution in [0.15, 0.2) is 35.6 Å². The standard InChI is InChI=1S/C21H33N5O2/c1-6-27-19-10-9-18(13-20(19)28-7-2)17(4)25-21(22-5)23-11-8-12-26-15-16(3)14-24-26/h9-10,13-15,17H,6-8,11-12H2,1-5H3,(H2,22,23,25). The van der Waals surface area contributed by atoms with Crippen LogP contribution in [0, 0.1) is 6.92 Å². The first-order valence-corrected chi connectivity index (χ1v) is 9.93. The maximum atomic E-state index is 5.73. The van der Waals surface area contributed by atoms with Gasteiger partial charge in [0.2, 0.25) is 0 Å². The maximum Gasteiger partial charge on any atom is 0.191 e. The Bertz CT molecular complexity index is 757. The van der Waals surface area contributed by atoms with Crippen LogP contribution in [0.25, 0.3) is 0 Å². The molecule has 0 bridgehead atoms. The van der Waals surface area contributed by atoms with Crippen LogP contribution in [0.2, 0.25) is 0 Å². The molecule has 0 amide bonds. The lowest BCUT2D eigenvalue weighted by molar-refractivity contribution is 0.287. The molecule has 7 nitrogen and oxygen atoms in total. The molecule has 1 aromatic heterocycles. The quantitative estimate of drug-likeness (QED) is 0.372. The summed E-state index contributed by atoms with van der Waals surface area (Å²) in [7, 11) is 1.78. The smallest absolute Gasteiger partial charge is 0.191 e. The molecule has 1 heterocycles. The Kier molecular flexibility index (Phi) is 8.65. The lowest BCUT2D eigenvalue weighted by atomic mass is 10.1. The highest BCUT2D eigenvalue weighted by Crippen LogP contribution is 2.30. The zero-order valence-corrected chi connectivity index (χ0v) is 17.7. The molecule has 2 N–H and O–H groups in total. The van der Waals surface area contributed by atoms with E-state index in [2.05, 4.69) is 39.9 Å². The topological polar surface area (TPSA) is 72.7 Å². The number of hydrogen-bond acceptors (Lipinski definition) is 4. The number of nitrogens with zero attached hydrogens (tertiary/aromatic N) is 3. The van der Waals surface area contributed by atoms with E-state index in [1.165, 1.54) is 5.56 Å². The Hall–Kier alpha value is -2.70. The van der Waals surface area contributed by atoms with Crippen molar-refractivity contribution in [3.8, 4) is 11.5 Å². The molecule has 0 aliphatic rings. The molecule has 0 saturated heterocycles. The van der Waals surface area contributed by atoms with Crippen molar-refractivity contribution in [1.29, 1.82) is 0 Å². The van der Waals surface area contributed by atoms with Crippen molar-refractivity contribution < 1.29 is 9.47 Å². The highest BCUT2D eigenvalue weighted by Gasteiger charge is 2.12. The Morgan fingerprint density at radius 2 is 1.96 bits per heavy atom. The Morgan fingerprint density at radius 3 is 2.61 bits per heavy atom. The summed E-state index contributed by atoms with van der Waals surface area (Å²) in [5, 5.41) is 11.1. The molecule has 154 valence electrons. The van der Waals surface area contributed by atoms with E-state index in [4.69, 9.17) is 9.47 Å². The Labute approximate surface area is 168 Å². The number of aryl methyl sites for hydroxylation is 2. The normalized spacial score (nSPS) is 12.5. The molecule has 0 aliphatic heterocycles. The molecule has 0 aliphatic carbocycles. The van der Waals surface area contributed by atoms with Gasteiger partial charge >= 0.3 is 0 Å². The van der Waals surface area contributed by atoms with E-state index in [0.29, 0.717) is 13.2 Å². The number of hydrogen-bond donors (Lipinski definition) is 2. The van der Waals surface area contributed by atoms with Crippen LogP contribution in [0.4, 0.5) is 0 Å². The summed E-state index contributed by atoms with van der Waals surface area (Å²) in [6.07, 6.45) is 4.90. The average Bonchev–Trinajstić information content (AvgIpc) is 3.11. The van der Waals surface area contributed by atoms with Gasteiger partial charge < -0.3 is 20.1 Å². The number of benzene rings is 1. The fourth-order valence-electron chi connectivity index (χ4n) is 2.86. The Balaban J connectivity index is 1.88. The summed E-state index contributed by atoms with van der Waals surface area (Å²) in [5.74, 6) is 2.32. The SMILES string of the molecule is CCOc1ccc(C(C)NC(=NC)NCCCn2cc(C)cn2)cc1OCC. The lowest BCUT2D eigenvalue weighted by Gasteiger charge is -2.20. The van der Waals surface area contributed by atoms with Gasteiger partial charge in [-0.3, -0.25) is 9.67 Å². The summed E-state index contributed by atoms with van der Waals surface area (Å²) >= 11 is 0. The van der Waals surface area contributed by atoms with E-state index >= 15 is 0 Å². The predicted octanol–water partition coefficient (Wildman–Crippen LogP) is 3.31. The second-order valence-corrected chi connectivity index (χ2v) is 6.57. The first-order valence-electron chi connectivity index (χ1n) is 9.93. The number of aromatic nitrogens is 2. The van der Waals surface area contributed by atoms with Gasteiger partial charge in [-0.25, -0.2) is 0 Å². The maximum absolute atomic E-state index is 5.73. The average molecular weight is 388 g/mol. The van der Waals surface area contributed by atoms with E-state index < -0.39 is 0 Å². The van der Waals surface area contributed by atoms with E-state index in [-0.39, 0.29) is 6.04 Å². The predicted molar refractivity (Wildman–Crippen MR) is 113 cm³/mol. The molecule has 2 rings (SSSR count). The first kappa shape index (κ1) is 21.6. The van der Waals surface area contributed by atoms with Crippen LogP contribution in [0.3, 0.4) is 0 Å². The monoisotopic (exact) mass is 387 g/mol. The second kappa shape index (κ2) is 11.2. The van der Waals surface area contributed by atoms with Gasteiger partial charge in [-0.05, 0) is 57.4 Å². The lowest BCUT2D eigenvalue weighted by Crippen LogP contribution is -2.39. The highest BCUT2D eigenvalue weighted by molar-refractivity contribution is 5.80. The molecule has 2 aromatic rings. The number of aliphatic imine (C=N–C) groups is 1. The van der Waals surface area contributed by atoms with Crippen molar-refractivity contribution in [2.75, 3.05) is 26.8 Å². The third kappa shape index (κ3) is 6.48. The van der Waals surface area contributed by atoms with Crippen molar-refractivity contribution in [2.45, 2.75) is 46.7 Å². The summed E-state index contributed by atoms with van der Waals surface area (Å²) in [5.41, 5.74) is 2.29. The largest absolute Gasteiger partial charge is 0.490 e. The van der Waals surface area contributed by atoms with Crippen molar-refractivity contribution in [1.82, 2.24) is 20.4 Å². The van der Waals surface area contributed by atoms with Crippen LogP contribution in [0.1, 0.15) is 44.4 Å². The molecular weight excluding hydrogens is 354 g/mol. The van der Waals surface area contributed by atoms with E-state index in [1.54, 1.807) is 7.05 Å². The molecule has 0 fully saturated rings. The van der Waals surface area contributed by atoms with Gasteiger partial charge in [0, 0.05) is 26.3 Å². The summed E-state index contributed by atoms with van der Waals surface area (Å²) < 4.78 is 13.3. The van der Waals surface area contributed by atoms with Gasteiger partial charge in [-0.15, -0.1) is 0 Å². The minimum Gasteiger partial charge on any atom is -0.490 e. The molecule has 1 aromatic carbocycles. The fraction of sp³-hybridized carbons (Fsp3) is 0.524. The molecule has 0 radical (unpaired) electrons. The van der Waals surface area contributed by atoms with E-state index in [1.807, 2.05) is 43.8 Å². The van der Waals surface area contributed by atoms with Crippen LogP contribution in [0.5, 0.6) is 11.5 Å². The molecule has 7 heteroatoms. The summed E-state index contributed by atoms with van der Waals surface area (Å²) in [6, 6.07) is 6.12. The number of guanidine groups is 1. The van der Waals surface area contributed by atoms with Gasteiger partial charge in [-0.1, -0.05) is 6.07 Å². The van der Waals surface area contributed by atoms with Crippen LogP contribution in [-0.4, -0.2) is 42.5 Å². The molecule has 1 unspecified atom stereocenters. The van der Waals surface area contributed by atoms with Crippen molar-refractivity contribution in [3.05, 3.63) is 41.7 Å². The zero-order valence-electron chi connectivity index (χ0n) is 17.7. The minimum absolute atomic E-state index is 0.0786. The van der Waals surface area contributed by atoms with Crippen molar-refractivity contribution in [2.24, 2.45) is 4.99 Å². The highest BCUT2D eigenvalue weighted by atomic mass is 16.5. The van der Waals surface area contributed by atoms with Crippen molar-refractivity contribution in [3.63, 3.8) is 0 Å². The first-order chi connectivity index (χ1) is 13.6. The summed E-state index contributed by atoms with van der Waals surface area (Å²) in [6.45, 7) is 11.0. The van der Waals surface area contributed by atoms with Crippen molar-refractivity contribution >= 4 is 5.96 Å². The Morgan fingerprint density at radius 1 is 1.21 bits per heavy atom. The van der Waals surface area contributed by atoms with E-state index in [9.17, 15) is 0 Å². The number of rotatable bonds is 10. The van der Waals surface area contributed by atoms with Gasteiger partial charge in [0.05, 0.1) is 25.5 Å². The molecule has 0 saturated carbocycles. The molecular formula is C21H33N5O2. The zero-order chi connectivity index (χ0) is 20.4. The third-order valence-electron chi connectivity index (χ3n) is 4.26. The minimum atomic E-state index is 0.0786. The third-order valence-corrected chi connectivity index (χ3v) is 4.26. The molecule has 0 spiro atoms. The van der Waals surface area contributed by atoms with Crippen LogP contribution in [-0.2, 0) is 6.54 Å². The van der Waals surface area contributed by atoms with Gasteiger partial charge in [-0.2, -0.15) is 5.10 Å². The number of nitrogens with one attached hydrogen (secondary N) is 2. The van der Waals surface area contributed by atoms with Gasteiger partial charge in [0.25, 0.3) is 0 Å². The van der Waals surface area contributed by atoms with Gasteiger partial charge in [0.15, 0.2) is 17.5 Å². The van der Waals surface area contributed by atoms with Crippen LogP contribution < -0.4 is 20.1 Å². The fourth-order valence-corrected chi connectivity index (χ4v) is 2.86. The van der Waals surface area contributed by atoms with E-state index in [0.717, 1.165) is 42.5 Å². The van der Waals surface area contributed by atoms with Crippen LogP contribution >= 0.6 is 0 Å². The van der Waals surface area contributed by atoms with Gasteiger partial charge in [0.1, 0.15) is 0 Å².